The van der Waals surface area contributed by atoms with Crippen LogP contribution in [0.25, 0.3) is 0 Å². The summed E-state index contributed by atoms with van der Waals surface area (Å²) in [5, 5.41) is 11.0. The number of benzene rings is 1. The molecule has 2 aliphatic rings. The molecule has 0 aliphatic carbocycles. The van der Waals surface area contributed by atoms with E-state index in [4.69, 9.17) is 4.74 Å². The van der Waals surface area contributed by atoms with Gasteiger partial charge in [-0.2, -0.15) is 5.10 Å². The number of carbonyl (C=O) groups is 2. The highest BCUT2D eigenvalue weighted by Crippen LogP contribution is 2.32. The minimum Gasteiger partial charge on any atom is -0.482 e. The van der Waals surface area contributed by atoms with E-state index < -0.39 is 0 Å². The molecule has 3 rings (SSSR count). The molecular formula is C14H14N4O3S. The number of hydrogen-bond donors (Lipinski definition) is 1. The molecule has 0 unspecified atom stereocenters. The zero-order valence-electron chi connectivity index (χ0n) is 11.9. The van der Waals surface area contributed by atoms with Gasteiger partial charge in [-0.3, -0.25) is 9.59 Å². The first-order chi connectivity index (χ1) is 10.7. The summed E-state index contributed by atoms with van der Waals surface area (Å²) in [6, 6.07) is 5.48. The van der Waals surface area contributed by atoms with Crippen molar-refractivity contribution in [1.29, 1.82) is 0 Å². The molecule has 2 amide bonds. The van der Waals surface area contributed by atoms with E-state index in [1.54, 1.807) is 11.1 Å². The highest BCUT2D eigenvalue weighted by molar-refractivity contribution is 8.15. The third kappa shape index (κ3) is 2.96. The maximum Gasteiger partial charge on any atom is 0.265 e. The summed E-state index contributed by atoms with van der Waals surface area (Å²) in [6.07, 6.45) is 1.57. The zero-order chi connectivity index (χ0) is 15.5. The van der Waals surface area contributed by atoms with E-state index in [2.05, 4.69) is 15.5 Å². The summed E-state index contributed by atoms with van der Waals surface area (Å²) in [5.74, 6) is 0.929. The molecule has 0 aromatic heterocycles. The lowest BCUT2D eigenvalue weighted by molar-refractivity contribution is -0.121. The predicted octanol–water partition coefficient (Wildman–Crippen LogP) is 0.985. The molecule has 2 aliphatic heterocycles. The van der Waals surface area contributed by atoms with E-state index in [1.165, 1.54) is 11.8 Å². The van der Waals surface area contributed by atoms with Crippen molar-refractivity contribution in [2.24, 2.45) is 10.2 Å². The van der Waals surface area contributed by atoms with E-state index in [1.807, 2.05) is 25.1 Å². The molecule has 0 radical (unpaired) electrons. The average Bonchev–Trinajstić information content (AvgIpc) is 2.92. The maximum absolute atomic E-state index is 11.8. The number of ether oxygens (including phenoxy) is 1. The Labute approximate surface area is 131 Å². The molecule has 114 valence electrons. The largest absolute Gasteiger partial charge is 0.482 e. The number of amides is 2. The number of carbonyl (C=O) groups excluding carboxylic acids is 2. The second-order valence-corrected chi connectivity index (χ2v) is 5.60. The van der Waals surface area contributed by atoms with Crippen molar-refractivity contribution in [3.8, 4) is 5.75 Å². The van der Waals surface area contributed by atoms with Crippen molar-refractivity contribution in [1.82, 2.24) is 5.32 Å². The number of hydrogen-bond acceptors (Lipinski definition) is 6. The Bertz CT molecular complexity index is 687. The van der Waals surface area contributed by atoms with Gasteiger partial charge in [0.05, 0.1) is 17.7 Å². The van der Waals surface area contributed by atoms with Crippen LogP contribution < -0.4 is 15.0 Å². The van der Waals surface area contributed by atoms with Crippen LogP contribution in [0.2, 0.25) is 0 Å². The Kier molecular flexibility index (Phi) is 4.10. The van der Waals surface area contributed by atoms with E-state index in [9.17, 15) is 9.59 Å². The average molecular weight is 318 g/mol. The summed E-state index contributed by atoms with van der Waals surface area (Å²) in [5.41, 5.74) is 1.54. The summed E-state index contributed by atoms with van der Waals surface area (Å²) in [7, 11) is 0. The SMILES string of the molecule is CCN1C(=O)COc2ccc(C=NN=C3NC(=O)CS3)cc21. The number of nitrogens with zero attached hydrogens (tertiary/aromatic N) is 3. The number of likely N-dealkylation sites (N-methyl/N-ethyl adjacent to an activating group) is 1. The van der Waals surface area contributed by atoms with Gasteiger partial charge in [-0.15, -0.1) is 5.10 Å². The van der Waals surface area contributed by atoms with Gasteiger partial charge >= 0.3 is 0 Å². The first kappa shape index (κ1) is 14.6. The highest BCUT2D eigenvalue weighted by Gasteiger charge is 2.24. The van der Waals surface area contributed by atoms with Crippen molar-refractivity contribution in [2.45, 2.75) is 6.92 Å². The minimum absolute atomic E-state index is 0.0607. The van der Waals surface area contributed by atoms with Gasteiger partial charge in [-0.25, -0.2) is 0 Å². The van der Waals surface area contributed by atoms with Gasteiger partial charge < -0.3 is 15.0 Å². The van der Waals surface area contributed by atoms with Gasteiger partial charge in [0, 0.05) is 6.54 Å². The van der Waals surface area contributed by atoms with Gasteiger partial charge in [0.1, 0.15) is 5.75 Å². The molecule has 2 heterocycles. The van der Waals surface area contributed by atoms with Crippen LogP contribution in [0.15, 0.2) is 28.4 Å². The fraction of sp³-hybridized carbons (Fsp3) is 0.286. The Hall–Kier alpha value is -2.35. The molecule has 22 heavy (non-hydrogen) atoms. The smallest absolute Gasteiger partial charge is 0.265 e. The quantitative estimate of drug-likeness (QED) is 0.665. The van der Waals surface area contributed by atoms with Gasteiger partial charge in [-0.1, -0.05) is 11.8 Å². The fourth-order valence-electron chi connectivity index (χ4n) is 2.17. The van der Waals surface area contributed by atoms with Crippen molar-refractivity contribution < 1.29 is 14.3 Å². The molecule has 1 aromatic rings. The number of rotatable bonds is 3. The van der Waals surface area contributed by atoms with Crippen molar-refractivity contribution in [3.63, 3.8) is 0 Å². The topological polar surface area (TPSA) is 83.4 Å². The van der Waals surface area contributed by atoms with Gasteiger partial charge in [0.15, 0.2) is 11.8 Å². The minimum atomic E-state index is -0.0676. The Morgan fingerprint density at radius 1 is 1.45 bits per heavy atom. The third-order valence-electron chi connectivity index (χ3n) is 3.18. The molecule has 0 saturated carbocycles. The van der Waals surface area contributed by atoms with E-state index in [-0.39, 0.29) is 18.4 Å². The molecule has 0 atom stereocenters. The molecule has 1 aromatic carbocycles. The molecule has 0 bridgehead atoms. The first-order valence-corrected chi connectivity index (χ1v) is 7.77. The van der Waals surface area contributed by atoms with Crippen LogP contribution >= 0.6 is 11.8 Å². The van der Waals surface area contributed by atoms with Gasteiger partial charge in [0.2, 0.25) is 5.91 Å². The maximum atomic E-state index is 11.8. The monoisotopic (exact) mass is 318 g/mol. The lowest BCUT2D eigenvalue weighted by Gasteiger charge is -2.28. The van der Waals surface area contributed by atoms with Crippen molar-refractivity contribution in [3.05, 3.63) is 23.8 Å². The van der Waals surface area contributed by atoms with Crippen LogP contribution in [0.3, 0.4) is 0 Å². The molecule has 1 saturated heterocycles. The number of nitrogens with one attached hydrogen (secondary N) is 1. The number of thioether (sulfide) groups is 1. The van der Waals surface area contributed by atoms with Gasteiger partial charge in [-0.05, 0) is 30.7 Å². The number of fused-ring (bicyclic) bond motifs is 1. The highest BCUT2D eigenvalue weighted by atomic mass is 32.2. The van der Waals surface area contributed by atoms with Crippen LogP contribution in [0.5, 0.6) is 5.75 Å². The Morgan fingerprint density at radius 3 is 3.05 bits per heavy atom. The van der Waals surface area contributed by atoms with Crippen molar-refractivity contribution >= 4 is 40.6 Å². The summed E-state index contributed by atoms with van der Waals surface area (Å²) < 4.78 is 5.41. The van der Waals surface area contributed by atoms with Crippen LogP contribution in [0, 0.1) is 0 Å². The van der Waals surface area contributed by atoms with E-state index >= 15 is 0 Å². The standard InChI is InChI=1S/C14H14N4O3S/c1-2-18-10-5-9(3-4-11(10)21-7-13(18)20)6-15-17-14-16-12(19)8-22-14/h3-6H,2,7-8H2,1H3,(H,16,17,19). The second-order valence-electron chi connectivity index (χ2n) is 4.64. The van der Waals surface area contributed by atoms with Crippen LogP contribution in [-0.4, -0.2) is 42.1 Å². The fourth-order valence-corrected chi connectivity index (χ4v) is 2.80. The lowest BCUT2D eigenvalue weighted by Crippen LogP contribution is -2.38. The van der Waals surface area contributed by atoms with Crippen LogP contribution in [0.4, 0.5) is 5.69 Å². The summed E-state index contributed by atoms with van der Waals surface area (Å²) in [4.78, 5) is 24.5. The van der Waals surface area contributed by atoms with E-state index in [0.29, 0.717) is 23.2 Å². The van der Waals surface area contributed by atoms with Crippen molar-refractivity contribution in [2.75, 3.05) is 23.8 Å². The molecule has 0 spiro atoms. The molecule has 1 N–H and O–H groups in total. The second kappa shape index (κ2) is 6.18. The predicted molar refractivity (Wildman–Crippen MR) is 85.6 cm³/mol. The number of anilines is 1. The van der Waals surface area contributed by atoms with Crippen LogP contribution in [-0.2, 0) is 9.59 Å². The summed E-state index contributed by atoms with van der Waals surface area (Å²) in [6.45, 7) is 2.57. The van der Waals surface area contributed by atoms with Crippen LogP contribution in [0.1, 0.15) is 12.5 Å². The van der Waals surface area contributed by atoms with Gasteiger partial charge in [0.25, 0.3) is 5.91 Å². The van der Waals surface area contributed by atoms with E-state index in [0.717, 1.165) is 11.3 Å². The first-order valence-electron chi connectivity index (χ1n) is 6.78. The number of amidine groups is 1. The molecule has 8 heteroatoms. The molecule has 1 fully saturated rings. The summed E-state index contributed by atoms with van der Waals surface area (Å²) >= 11 is 1.32. The molecule has 7 nitrogen and oxygen atoms in total. The zero-order valence-corrected chi connectivity index (χ0v) is 12.7. The normalized spacial score (nSPS) is 19.5. The lowest BCUT2D eigenvalue weighted by atomic mass is 10.1. The molecular weight excluding hydrogens is 304 g/mol. The Morgan fingerprint density at radius 2 is 2.32 bits per heavy atom. The Balaban J connectivity index is 1.80. The third-order valence-corrected chi connectivity index (χ3v) is 4.05.